The van der Waals surface area contributed by atoms with Gasteiger partial charge >= 0.3 is 5.97 Å². The van der Waals surface area contributed by atoms with Gasteiger partial charge in [0.25, 0.3) is 0 Å². The second-order valence-corrected chi connectivity index (χ2v) is 7.73. The number of rotatable bonds is 4. The van der Waals surface area contributed by atoms with Crippen LogP contribution in [0.2, 0.25) is 5.02 Å². The smallest absolute Gasteiger partial charge is 0.319 e. The predicted molar refractivity (Wildman–Crippen MR) is 93.2 cm³/mol. The number of esters is 1. The Labute approximate surface area is 149 Å². The Morgan fingerprint density at radius 2 is 1.96 bits per heavy atom. The number of hydrogen-bond acceptors (Lipinski definition) is 5. The molecule has 1 aromatic heterocycles. The lowest BCUT2D eigenvalue weighted by Crippen LogP contribution is -2.13. The molecule has 2 aliphatic rings. The first-order chi connectivity index (χ1) is 11.7. The molecule has 1 atom stereocenters. The lowest BCUT2D eigenvalue weighted by atomic mass is 10.2. The fraction of sp³-hybridized carbons (Fsp3) is 0.471. The highest BCUT2D eigenvalue weighted by atomic mass is 35.5. The lowest BCUT2D eigenvalue weighted by molar-refractivity contribution is -0.137. The molecular formula is C17H18ClN3O2S. The van der Waals surface area contributed by atoms with Crippen molar-refractivity contribution in [2.24, 2.45) is 0 Å². The van der Waals surface area contributed by atoms with Crippen LogP contribution in [0.4, 0.5) is 0 Å². The Morgan fingerprint density at radius 3 is 2.67 bits per heavy atom. The summed E-state index contributed by atoms with van der Waals surface area (Å²) in [5.74, 6) is 0.640. The number of thioether (sulfide) groups is 1. The van der Waals surface area contributed by atoms with Crippen LogP contribution in [0.25, 0.3) is 11.4 Å². The molecule has 0 radical (unpaired) electrons. The molecule has 0 unspecified atom stereocenters. The van der Waals surface area contributed by atoms with Gasteiger partial charge in [0.2, 0.25) is 0 Å². The first kappa shape index (κ1) is 16.0. The highest BCUT2D eigenvalue weighted by Crippen LogP contribution is 2.39. The van der Waals surface area contributed by atoms with Gasteiger partial charge in [-0.15, -0.1) is 10.2 Å². The molecule has 1 aromatic carbocycles. The van der Waals surface area contributed by atoms with E-state index in [1.54, 1.807) is 0 Å². The van der Waals surface area contributed by atoms with Gasteiger partial charge in [-0.1, -0.05) is 48.3 Å². The van der Waals surface area contributed by atoms with Crippen LogP contribution in [0.5, 0.6) is 0 Å². The molecule has 7 heteroatoms. The summed E-state index contributed by atoms with van der Waals surface area (Å²) in [6.45, 7) is 0.492. The first-order valence-corrected chi connectivity index (χ1v) is 9.53. The zero-order valence-electron chi connectivity index (χ0n) is 13.2. The van der Waals surface area contributed by atoms with Gasteiger partial charge in [0, 0.05) is 18.0 Å². The Balaban J connectivity index is 1.74. The van der Waals surface area contributed by atoms with Gasteiger partial charge in [-0.05, 0) is 25.0 Å². The van der Waals surface area contributed by atoms with Gasteiger partial charge < -0.3 is 4.74 Å². The van der Waals surface area contributed by atoms with E-state index in [1.165, 1.54) is 24.6 Å². The molecule has 0 bridgehead atoms. The average molecular weight is 364 g/mol. The second kappa shape index (κ2) is 6.76. The molecule has 2 fully saturated rings. The largest absolute Gasteiger partial charge is 0.465 e. The molecule has 0 spiro atoms. The second-order valence-electron chi connectivity index (χ2n) is 6.16. The minimum Gasteiger partial charge on any atom is -0.465 e. The zero-order valence-corrected chi connectivity index (χ0v) is 14.7. The molecule has 0 N–H and O–H groups in total. The van der Waals surface area contributed by atoms with E-state index in [0.29, 0.717) is 17.7 Å². The van der Waals surface area contributed by atoms with Gasteiger partial charge in [0.15, 0.2) is 11.0 Å². The van der Waals surface area contributed by atoms with Crippen molar-refractivity contribution in [3.63, 3.8) is 0 Å². The summed E-state index contributed by atoms with van der Waals surface area (Å²) < 4.78 is 7.26. The highest BCUT2D eigenvalue weighted by Gasteiger charge is 2.32. The van der Waals surface area contributed by atoms with Crippen LogP contribution in [0.3, 0.4) is 0 Å². The molecule has 1 aliphatic carbocycles. The number of benzene rings is 1. The number of halogens is 1. The van der Waals surface area contributed by atoms with Crippen molar-refractivity contribution in [1.82, 2.24) is 14.8 Å². The Morgan fingerprint density at radius 1 is 1.17 bits per heavy atom. The monoisotopic (exact) mass is 363 g/mol. The van der Waals surface area contributed by atoms with E-state index in [0.717, 1.165) is 35.8 Å². The third kappa shape index (κ3) is 2.93. The maximum absolute atomic E-state index is 11.8. The topological polar surface area (TPSA) is 57.0 Å². The molecule has 0 amide bonds. The van der Waals surface area contributed by atoms with Crippen molar-refractivity contribution >= 4 is 29.3 Å². The summed E-state index contributed by atoms with van der Waals surface area (Å²) in [6.07, 6.45) is 5.36. The third-order valence-corrected chi connectivity index (χ3v) is 6.14. The number of cyclic esters (lactones) is 1. The quantitative estimate of drug-likeness (QED) is 0.765. The summed E-state index contributed by atoms with van der Waals surface area (Å²) in [5.41, 5.74) is 0.888. The average Bonchev–Trinajstić information content (AvgIpc) is 3.30. The lowest BCUT2D eigenvalue weighted by Gasteiger charge is -2.18. The van der Waals surface area contributed by atoms with Crippen molar-refractivity contribution < 1.29 is 9.53 Å². The highest BCUT2D eigenvalue weighted by molar-refractivity contribution is 8.00. The standard InChI is InChI=1S/C17H18ClN3O2S/c18-13-8-4-3-7-12(13)15-19-20-17(21(15)11-5-1-2-6-11)24-14-9-10-23-16(14)22/h3-4,7-8,11,14H,1-2,5-6,9-10H2/t14-/m1/s1. The van der Waals surface area contributed by atoms with Crippen molar-refractivity contribution in [2.75, 3.05) is 6.61 Å². The van der Waals surface area contributed by atoms with Gasteiger partial charge in [0.05, 0.1) is 11.6 Å². The van der Waals surface area contributed by atoms with Gasteiger partial charge in [0.1, 0.15) is 5.25 Å². The van der Waals surface area contributed by atoms with Crippen LogP contribution in [0, 0.1) is 0 Å². The molecule has 4 rings (SSSR count). The Bertz CT molecular complexity index is 758. The molecule has 2 aromatic rings. The van der Waals surface area contributed by atoms with Crippen molar-refractivity contribution in [3.05, 3.63) is 29.3 Å². The SMILES string of the molecule is O=C1OCC[C@H]1Sc1nnc(-c2ccccc2Cl)n1C1CCCC1. The number of nitrogens with zero attached hydrogens (tertiary/aromatic N) is 3. The maximum Gasteiger partial charge on any atom is 0.319 e. The van der Waals surface area contributed by atoms with E-state index in [-0.39, 0.29) is 11.2 Å². The van der Waals surface area contributed by atoms with Crippen LogP contribution in [0.15, 0.2) is 29.4 Å². The number of carbonyl (C=O) groups excluding carboxylic acids is 1. The Kier molecular flexibility index (Phi) is 4.50. The van der Waals surface area contributed by atoms with Crippen LogP contribution < -0.4 is 0 Å². The molecule has 2 heterocycles. The molecule has 1 saturated carbocycles. The third-order valence-electron chi connectivity index (χ3n) is 4.60. The van der Waals surface area contributed by atoms with E-state index in [4.69, 9.17) is 16.3 Å². The maximum atomic E-state index is 11.8. The normalized spacial score (nSPS) is 21.4. The van der Waals surface area contributed by atoms with Crippen molar-refractivity contribution in [2.45, 2.75) is 48.6 Å². The van der Waals surface area contributed by atoms with Gasteiger partial charge in [-0.25, -0.2) is 0 Å². The van der Waals surface area contributed by atoms with Crippen molar-refractivity contribution in [1.29, 1.82) is 0 Å². The van der Waals surface area contributed by atoms with Gasteiger partial charge in [-0.2, -0.15) is 0 Å². The summed E-state index contributed by atoms with van der Waals surface area (Å²) in [6, 6.07) is 8.07. The van der Waals surface area contributed by atoms with Crippen LogP contribution in [0.1, 0.15) is 38.1 Å². The Hall–Kier alpha value is -1.53. The van der Waals surface area contributed by atoms with E-state index >= 15 is 0 Å². The number of carbonyl (C=O) groups is 1. The number of ether oxygens (including phenoxy) is 1. The summed E-state index contributed by atoms with van der Waals surface area (Å²) >= 11 is 7.84. The minimum atomic E-state index is -0.187. The van der Waals surface area contributed by atoms with Crippen LogP contribution in [-0.4, -0.2) is 32.6 Å². The fourth-order valence-corrected chi connectivity index (χ4v) is 4.68. The van der Waals surface area contributed by atoms with Crippen LogP contribution in [-0.2, 0) is 9.53 Å². The fourth-order valence-electron chi connectivity index (χ4n) is 3.39. The molecule has 1 aliphatic heterocycles. The van der Waals surface area contributed by atoms with E-state index in [2.05, 4.69) is 14.8 Å². The minimum absolute atomic E-state index is 0.153. The molecule has 126 valence electrons. The van der Waals surface area contributed by atoms with Crippen molar-refractivity contribution in [3.8, 4) is 11.4 Å². The number of hydrogen-bond donors (Lipinski definition) is 0. The molecular weight excluding hydrogens is 346 g/mol. The molecule has 1 saturated heterocycles. The van der Waals surface area contributed by atoms with E-state index in [9.17, 15) is 4.79 Å². The predicted octanol–water partition coefficient (Wildman–Crippen LogP) is 4.12. The zero-order chi connectivity index (χ0) is 16.5. The van der Waals surface area contributed by atoms with E-state index < -0.39 is 0 Å². The van der Waals surface area contributed by atoms with Crippen LogP contribution >= 0.6 is 23.4 Å². The van der Waals surface area contributed by atoms with E-state index in [1.807, 2.05) is 24.3 Å². The molecule has 24 heavy (non-hydrogen) atoms. The molecule has 5 nitrogen and oxygen atoms in total. The van der Waals surface area contributed by atoms with Gasteiger partial charge in [-0.3, -0.25) is 9.36 Å². The number of aromatic nitrogens is 3. The first-order valence-electron chi connectivity index (χ1n) is 8.27. The summed E-state index contributed by atoms with van der Waals surface area (Å²) in [4.78, 5) is 11.8. The summed E-state index contributed by atoms with van der Waals surface area (Å²) in [7, 11) is 0. The summed E-state index contributed by atoms with van der Waals surface area (Å²) in [5, 5.41) is 10.1.